The first-order valence-corrected chi connectivity index (χ1v) is 12.4. The van der Waals surface area contributed by atoms with Gasteiger partial charge in [0.15, 0.2) is 5.13 Å². The quantitative estimate of drug-likeness (QED) is 0.343. The van der Waals surface area contributed by atoms with E-state index < -0.39 is 5.97 Å². The van der Waals surface area contributed by atoms with E-state index in [2.05, 4.69) is 22.5 Å². The van der Waals surface area contributed by atoms with Crippen LogP contribution in [0.5, 0.6) is 0 Å². The molecule has 0 saturated heterocycles. The number of carbonyl (C=O) groups is 3. The molecule has 2 aromatic carbocycles. The minimum atomic E-state index is -0.967. The summed E-state index contributed by atoms with van der Waals surface area (Å²) in [6.07, 6.45) is 2.20. The van der Waals surface area contributed by atoms with Gasteiger partial charge >= 0.3 is 5.97 Å². The second-order valence-electron chi connectivity index (χ2n) is 8.22. The number of carboxylic acids is 1. The molecule has 0 aliphatic heterocycles. The first-order chi connectivity index (χ1) is 16.9. The lowest BCUT2D eigenvalue weighted by molar-refractivity contribution is -0.136. The van der Waals surface area contributed by atoms with Crippen molar-refractivity contribution in [3.05, 3.63) is 76.3 Å². The van der Waals surface area contributed by atoms with Crippen molar-refractivity contribution in [3.8, 4) is 0 Å². The third kappa shape index (κ3) is 7.92. The summed E-state index contributed by atoms with van der Waals surface area (Å²) in [7, 11) is 1.84. The third-order valence-corrected chi connectivity index (χ3v) is 6.24. The SMILES string of the molecule is CCCCN(C)C(=O)Cc1ccccc1NCc1ccc(C(=O)Nc2nc(CC(=O)O)cs2)cc1. The van der Waals surface area contributed by atoms with Crippen LogP contribution in [0.2, 0.25) is 0 Å². The second kappa shape index (κ2) is 12.7. The van der Waals surface area contributed by atoms with Gasteiger partial charge in [-0.15, -0.1) is 11.3 Å². The van der Waals surface area contributed by atoms with Gasteiger partial charge in [0, 0.05) is 36.8 Å². The van der Waals surface area contributed by atoms with Crippen LogP contribution in [0.1, 0.15) is 46.9 Å². The van der Waals surface area contributed by atoms with Gasteiger partial charge in [0.25, 0.3) is 5.91 Å². The lowest BCUT2D eigenvalue weighted by atomic mass is 10.1. The molecule has 8 nitrogen and oxygen atoms in total. The largest absolute Gasteiger partial charge is 0.481 e. The number of aromatic nitrogens is 1. The number of likely N-dealkylation sites (N-methyl/N-ethyl adjacent to an activating group) is 1. The van der Waals surface area contributed by atoms with Gasteiger partial charge in [-0.25, -0.2) is 4.98 Å². The van der Waals surface area contributed by atoms with Gasteiger partial charge < -0.3 is 15.3 Å². The van der Waals surface area contributed by atoms with Crippen molar-refractivity contribution in [1.29, 1.82) is 0 Å². The van der Waals surface area contributed by atoms with Gasteiger partial charge in [-0.1, -0.05) is 43.7 Å². The van der Waals surface area contributed by atoms with Crippen molar-refractivity contribution in [1.82, 2.24) is 9.88 Å². The minimum absolute atomic E-state index is 0.0957. The Morgan fingerprint density at radius 1 is 1.06 bits per heavy atom. The Hall–Kier alpha value is -3.72. The van der Waals surface area contributed by atoms with E-state index in [1.54, 1.807) is 22.4 Å². The highest BCUT2D eigenvalue weighted by atomic mass is 32.1. The summed E-state index contributed by atoms with van der Waals surface area (Å²) < 4.78 is 0. The molecule has 0 fully saturated rings. The zero-order valence-corrected chi connectivity index (χ0v) is 20.7. The normalized spacial score (nSPS) is 10.6. The number of carboxylic acid groups (broad SMARTS) is 1. The average Bonchev–Trinajstić information content (AvgIpc) is 3.28. The molecular formula is C26H30N4O4S. The van der Waals surface area contributed by atoms with Gasteiger partial charge in [-0.3, -0.25) is 19.7 Å². The fourth-order valence-corrected chi connectivity index (χ4v) is 4.11. The number of hydrogen-bond acceptors (Lipinski definition) is 6. The molecule has 0 saturated carbocycles. The molecule has 0 bridgehead atoms. The minimum Gasteiger partial charge on any atom is -0.481 e. The predicted octanol–water partition coefficient (Wildman–Crippen LogP) is 4.44. The van der Waals surface area contributed by atoms with E-state index in [1.807, 2.05) is 43.4 Å². The maximum Gasteiger partial charge on any atom is 0.309 e. The number of benzene rings is 2. The van der Waals surface area contributed by atoms with Crippen LogP contribution < -0.4 is 10.6 Å². The molecule has 0 spiro atoms. The van der Waals surface area contributed by atoms with Crippen molar-refractivity contribution in [2.75, 3.05) is 24.2 Å². The average molecular weight is 495 g/mol. The van der Waals surface area contributed by atoms with E-state index in [-0.39, 0.29) is 18.2 Å². The molecule has 3 rings (SSSR count). The standard InChI is InChI=1S/C26H30N4O4S/c1-3-4-13-30(2)23(31)14-20-7-5-6-8-22(20)27-16-18-9-11-19(12-10-18)25(34)29-26-28-21(17-35-26)15-24(32)33/h5-12,17,27H,3-4,13-16H2,1-2H3,(H,32,33)(H,28,29,34). The molecule has 0 radical (unpaired) electrons. The van der Waals surface area contributed by atoms with Crippen molar-refractivity contribution in [3.63, 3.8) is 0 Å². The summed E-state index contributed by atoms with van der Waals surface area (Å²) >= 11 is 1.19. The predicted molar refractivity (Wildman–Crippen MR) is 138 cm³/mol. The van der Waals surface area contributed by atoms with Gasteiger partial charge in [0.2, 0.25) is 5.91 Å². The molecule has 35 heavy (non-hydrogen) atoms. The Balaban J connectivity index is 1.56. The maximum atomic E-state index is 12.6. The number of nitrogens with zero attached hydrogens (tertiary/aromatic N) is 2. The molecular weight excluding hydrogens is 464 g/mol. The number of carbonyl (C=O) groups excluding carboxylic acids is 2. The van der Waals surface area contributed by atoms with Crippen LogP contribution in [0.4, 0.5) is 10.8 Å². The van der Waals surface area contributed by atoms with Crippen LogP contribution in [0.3, 0.4) is 0 Å². The maximum absolute atomic E-state index is 12.6. The van der Waals surface area contributed by atoms with Crippen LogP contribution in [-0.2, 0) is 29.0 Å². The molecule has 0 atom stereocenters. The molecule has 1 aromatic heterocycles. The first-order valence-electron chi connectivity index (χ1n) is 11.5. The topological polar surface area (TPSA) is 112 Å². The molecule has 0 aliphatic carbocycles. The highest BCUT2D eigenvalue weighted by Gasteiger charge is 2.13. The van der Waals surface area contributed by atoms with Gasteiger partial charge in [-0.05, 0) is 35.7 Å². The van der Waals surface area contributed by atoms with Crippen LogP contribution in [-0.4, -0.2) is 46.4 Å². The van der Waals surface area contributed by atoms with E-state index in [0.29, 0.717) is 29.4 Å². The Morgan fingerprint density at radius 3 is 2.51 bits per heavy atom. The monoisotopic (exact) mass is 494 g/mol. The van der Waals surface area contributed by atoms with E-state index >= 15 is 0 Å². The summed E-state index contributed by atoms with van der Waals surface area (Å²) in [6, 6.07) is 15.0. The Labute approximate surface area is 209 Å². The van der Waals surface area contributed by atoms with Crippen molar-refractivity contribution < 1.29 is 19.5 Å². The summed E-state index contributed by atoms with van der Waals surface area (Å²) in [5.41, 5.74) is 3.73. The number of nitrogens with one attached hydrogen (secondary N) is 2. The fraction of sp³-hybridized carbons (Fsp3) is 0.308. The van der Waals surface area contributed by atoms with E-state index in [9.17, 15) is 14.4 Å². The molecule has 9 heteroatoms. The molecule has 1 heterocycles. The van der Waals surface area contributed by atoms with Crippen molar-refractivity contribution in [2.45, 2.75) is 39.2 Å². The zero-order chi connectivity index (χ0) is 25.2. The van der Waals surface area contributed by atoms with Gasteiger partial charge in [0.1, 0.15) is 0 Å². The van der Waals surface area contributed by atoms with Gasteiger partial charge in [-0.2, -0.15) is 0 Å². The molecule has 3 aromatic rings. The van der Waals surface area contributed by atoms with Crippen LogP contribution in [0.25, 0.3) is 0 Å². The lowest BCUT2D eigenvalue weighted by Gasteiger charge is -2.18. The summed E-state index contributed by atoms with van der Waals surface area (Å²) in [5, 5.41) is 16.9. The Morgan fingerprint density at radius 2 is 1.80 bits per heavy atom. The summed E-state index contributed by atoms with van der Waals surface area (Å²) in [5.74, 6) is -1.18. The number of para-hydroxylation sites is 1. The summed E-state index contributed by atoms with van der Waals surface area (Å²) in [4.78, 5) is 41.7. The number of unbranched alkanes of at least 4 members (excludes halogenated alkanes) is 1. The van der Waals surface area contributed by atoms with Crippen molar-refractivity contribution in [2.24, 2.45) is 0 Å². The third-order valence-electron chi connectivity index (χ3n) is 5.44. The molecule has 0 aliphatic rings. The highest BCUT2D eigenvalue weighted by molar-refractivity contribution is 7.14. The Bertz CT molecular complexity index is 1160. The van der Waals surface area contributed by atoms with Crippen LogP contribution >= 0.6 is 11.3 Å². The zero-order valence-electron chi connectivity index (χ0n) is 19.9. The number of hydrogen-bond donors (Lipinski definition) is 3. The molecule has 0 unspecified atom stereocenters. The second-order valence-corrected chi connectivity index (χ2v) is 9.08. The Kier molecular flexibility index (Phi) is 9.37. The molecule has 3 N–H and O–H groups in total. The van der Waals surface area contributed by atoms with E-state index in [0.717, 1.165) is 36.2 Å². The van der Waals surface area contributed by atoms with Gasteiger partial charge in [0.05, 0.1) is 18.5 Å². The smallest absolute Gasteiger partial charge is 0.309 e. The summed E-state index contributed by atoms with van der Waals surface area (Å²) in [6.45, 7) is 3.41. The molecule has 184 valence electrons. The fourth-order valence-electron chi connectivity index (χ4n) is 3.41. The van der Waals surface area contributed by atoms with E-state index in [1.165, 1.54) is 11.3 Å². The molecule has 2 amide bonds. The van der Waals surface area contributed by atoms with Crippen LogP contribution in [0.15, 0.2) is 53.9 Å². The number of thiazole rings is 1. The van der Waals surface area contributed by atoms with Crippen molar-refractivity contribution >= 4 is 39.9 Å². The number of aliphatic carboxylic acids is 1. The number of amides is 2. The van der Waals surface area contributed by atoms with E-state index in [4.69, 9.17) is 5.11 Å². The highest BCUT2D eigenvalue weighted by Crippen LogP contribution is 2.19. The first kappa shape index (κ1) is 25.9. The number of anilines is 2. The lowest BCUT2D eigenvalue weighted by Crippen LogP contribution is -2.29. The van der Waals surface area contributed by atoms with Crippen LogP contribution in [0, 0.1) is 0 Å². The number of rotatable bonds is 12.